The van der Waals surface area contributed by atoms with E-state index in [1.165, 1.54) is 17.7 Å². The Morgan fingerprint density at radius 1 is 1.23 bits per heavy atom. The Morgan fingerprint density at radius 3 is 2.77 bits per heavy atom. The van der Waals surface area contributed by atoms with E-state index in [-0.39, 0.29) is 11.8 Å². The third-order valence-corrected chi connectivity index (χ3v) is 6.48. The summed E-state index contributed by atoms with van der Waals surface area (Å²) in [5.41, 5.74) is 0.820. The van der Waals surface area contributed by atoms with Crippen molar-refractivity contribution in [3.05, 3.63) is 33.5 Å². The highest BCUT2D eigenvalue weighted by atomic mass is 32.1. The monoisotopic (exact) mass is 373 g/mol. The van der Waals surface area contributed by atoms with Crippen LogP contribution in [0, 0.1) is 6.92 Å². The van der Waals surface area contributed by atoms with Crippen molar-refractivity contribution in [2.24, 2.45) is 7.05 Å². The van der Waals surface area contributed by atoms with E-state index in [1.54, 1.807) is 11.3 Å². The highest BCUT2D eigenvalue weighted by Crippen LogP contribution is 2.28. The highest BCUT2D eigenvalue weighted by Gasteiger charge is 2.29. The Bertz CT molecular complexity index is 777. The first-order chi connectivity index (χ1) is 12.6. The van der Waals surface area contributed by atoms with Crippen molar-refractivity contribution in [3.63, 3.8) is 0 Å². The van der Waals surface area contributed by atoms with Crippen LogP contribution in [0.25, 0.3) is 0 Å². The number of piperidine rings is 1. The molecule has 1 atom stereocenters. The molecule has 0 aromatic carbocycles. The van der Waals surface area contributed by atoms with Gasteiger partial charge in [0.15, 0.2) is 0 Å². The Kier molecular flexibility index (Phi) is 5.09. The van der Waals surface area contributed by atoms with Crippen LogP contribution in [0.2, 0.25) is 0 Å². The molecular formula is C19H27N5OS. The molecule has 0 aliphatic carbocycles. The van der Waals surface area contributed by atoms with Crippen LogP contribution >= 0.6 is 11.3 Å². The van der Waals surface area contributed by atoms with Crippen LogP contribution in [-0.2, 0) is 13.6 Å². The molecule has 0 N–H and O–H groups in total. The minimum atomic E-state index is 0.151. The fourth-order valence-corrected chi connectivity index (χ4v) is 4.80. The van der Waals surface area contributed by atoms with Gasteiger partial charge in [0.25, 0.3) is 5.91 Å². The van der Waals surface area contributed by atoms with Crippen LogP contribution < -0.4 is 0 Å². The van der Waals surface area contributed by atoms with Gasteiger partial charge in [0.1, 0.15) is 11.6 Å². The third kappa shape index (κ3) is 3.55. The molecule has 0 saturated carbocycles. The molecule has 2 saturated heterocycles. The van der Waals surface area contributed by atoms with Gasteiger partial charge in [-0.05, 0) is 51.8 Å². The Labute approximate surface area is 158 Å². The summed E-state index contributed by atoms with van der Waals surface area (Å²) < 4.78 is 2.16. The first kappa shape index (κ1) is 17.7. The SMILES string of the molecule is Cc1cc(C(=O)N2CCC[C@H](c3nnc(CN4CCCC4)n3C)C2)cs1. The van der Waals surface area contributed by atoms with Crippen molar-refractivity contribution in [1.82, 2.24) is 24.6 Å². The number of carbonyl (C=O) groups is 1. The second-order valence-corrected chi connectivity index (χ2v) is 8.67. The quantitative estimate of drug-likeness (QED) is 0.827. The second-order valence-electron chi connectivity index (χ2n) is 7.55. The van der Waals surface area contributed by atoms with Crippen molar-refractivity contribution in [1.29, 1.82) is 0 Å². The normalized spacial score (nSPS) is 21.5. The van der Waals surface area contributed by atoms with E-state index in [1.807, 2.05) is 23.3 Å². The fraction of sp³-hybridized carbons (Fsp3) is 0.632. The van der Waals surface area contributed by atoms with Gasteiger partial charge in [-0.3, -0.25) is 9.69 Å². The van der Waals surface area contributed by atoms with Crippen LogP contribution in [0.4, 0.5) is 0 Å². The molecule has 26 heavy (non-hydrogen) atoms. The summed E-state index contributed by atoms with van der Waals surface area (Å²) >= 11 is 1.64. The molecule has 0 radical (unpaired) electrons. The minimum absolute atomic E-state index is 0.151. The maximum Gasteiger partial charge on any atom is 0.254 e. The van der Waals surface area contributed by atoms with Crippen LogP contribution in [-0.4, -0.2) is 56.7 Å². The van der Waals surface area contributed by atoms with Crippen LogP contribution in [0.5, 0.6) is 0 Å². The smallest absolute Gasteiger partial charge is 0.254 e. The van der Waals surface area contributed by atoms with E-state index in [4.69, 9.17) is 0 Å². The van der Waals surface area contributed by atoms with Gasteiger partial charge in [-0.15, -0.1) is 21.5 Å². The third-order valence-electron chi connectivity index (χ3n) is 5.61. The largest absolute Gasteiger partial charge is 0.338 e. The Morgan fingerprint density at radius 2 is 2.04 bits per heavy atom. The predicted molar refractivity (Wildman–Crippen MR) is 102 cm³/mol. The van der Waals surface area contributed by atoms with Gasteiger partial charge in [-0.25, -0.2) is 0 Å². The number of aromatic nitrogens is 3. The van der Waals surface area contributed by atoms with Crippen LogP contribution in [0.15, 0.2) is 11.4 Å². The van der Waals surface area contributed by atoms with E-state index in [2.05, 4.69) is 26.7 Å². The lowest BCUT2D eigenvalue weighted by Crippen LogP contribution is -2.39. The molecule has 2 aliphatic rings. The standard InChI is InChI=1S/C19H27N5OS/c1-14-10-16(13-26-14)19(25)24-9-5-6-15(11-24)18-21-20-17(22(18)2)12-23-7-3-4-8-23/h10,13,15H,3-9,11-12H2,1-2H3/t15-/m0/s1. The number of likely N-dealkylation sites (tertiary alicyclic amines) is 2. The number of amides is 1. The number of thiophene rings is 1. The van der Waals surface area contributed by atoms with Crippen molar-refractivity contribution < 1.29 is 4.79 Å². The van der Waals surface area contributed by atoms with E-state index in [0.717, 1.165) is 62.8 Å². The molecular weight excluding hydrogens is 346 g/mol. The lowest BCUT2D eigenvalue weighted by Gasteiger charge is -2.32. The lowest BCUT2D eigenvalue weighted by atomic mass is 9.96. The summed E-state index contributed by atoms with van der Waals surface area (Å²) in [5.74, 6) is 2.49. The molecule has 6 nitrogen and oxygen atoms in total. The number of rotatable bonds is 4. The van der Waals surface area contributed by atoms with Gasteiger partial charge < -0.3 is 9.47 Å². The predicted octanol–water partition coefficient (Wildman–Crippen LogP) is 2.80. The van der Waals surface area contributed by atoms with Crippen LogP contribution in [0.1, 0.15) is 58.5 Å². The molecule has 2 aromatic rings. The molecule has 2 fully saturated rings. The van der Waals surface area contributed by atoms with E-state index in [9.17, 15) is 4.79 Å². The number of hydrogen-bond acceptors (Lipinski definition) is 5. The number of carbonyl (C=O) groups excluding carboxylic acids is 1. The van der Waals surface area contributed by atoms with Crippen molar-refractivity contribution in [3.8, 4) is 0 Å². The first-order valence-electron chi connectivity index (χ1n) is 9.57. The molecule has 1 amide bonds. The molecule has 4 heterocycles. The van der Waals surface area contributed by atoms with Gasteiger partial charge in [0, 0.05) is 36.3 Å². The summed E-state index contributed by atoms with van der Waals surface area (Å²) in [7, 11) is 2.07. The highest BCUT2D eigenvalue weighted by molar-refractivity contribution is 7.10. The average Bonchev–Trinajstić information content (AvgIpc) is 3.38. The molecule has 0 unspecified atom stereocenters. The van der Waals surface area contributed by atoms with Crippen molar-refractivity contribution >= 4 is 17.2 Å². The van der Waals surface area contributed by atoms with Crippen molar-refractivity contribution in [2.45, 2.75) is 45.1 Å². The topological polar surface area (TPSA) is 54.3 Å². The molecule has 0 bridgehead atoms. The zero-order valence-electron chi connectivity index (χ0n) is 15.6. The Balaban J connectivity index is 1.46. The number of nitrogens with zero attached hydrogens (tertiary/aromatic N) is 5. The zero-order valence-corrected chi connectivity index (χ0v) is 16.5. The van der Waals surface area contributed by atoms with Gasteiger partial charge in [-0.2, -0.15) is 0 Å². The van der Waals surface area contributed by atoms with Gasteiger partial charge in [0.2, 0.25) is 0 Å². The van der Waals surface area contributed by atoms with Gasteiger partial charge >= 0.3 is 0 Å². The average molecular weight is 374 g/mol. The second kappa shape index (κ2) is 7.48. The summed E-state index contributed by atoms with van der Waals surface area (Å²) in [6, 6.07) is 1.99. The van der Waals surface area contributed by atoms with Gasteiger partial charge in [-0.1, -0.05) is 0 Å². The number of aryl methyl sites for hydroxylation is 1. The lowest BCUT2D eigenvalue weighted by molar-refractivity contribution is 0.0704. The van der Waals surface area contributed by atoms with E-state index >= 15 is 0 Å². The molecule has 140 valence electrons. The fourth-order valence-electron chi connectivity index (χ4n) is 4.12. The molecule has 4 rings (SSSR count). The molecule has 2 aromatic heterocycles. The summed E-state index contributed by atoms with van der Waals surface area (Å²) in [6.07, 6.45) is 4.66. The zero-order chi connectivity index (χ0) is 18.1. The number of hydrogen-bond donors (Lipinski definition) is 0. The van der Waals surface area contributed by atoms with Gasteiger partial charge in [0.05, 0.1) is 12.1 Å². The van der Waals surface area contributed by atoms with Crippen LogP contribution in [0.3, 0.4) is 0 Å². The summed E-state index contributed by atoms with van der Waals surface area (Å²) in [4.78, 5) is 18.4. The maximum atomic E-state index is 12.8. The summed E-state index contributed by atoms with van der Waals surface area (Å²) in [6.45, 7) is 6.82. The minimum Gasteiger partial charge on any atom is -0.338 e. The summed E-state index contributed by atoms with van der Waals surface area (Å²) in [5, 5.41) is 10.9. The molecule has 7 heteroatoms. The maximum absolute atomic E-state index is 12.8. The van der Waals surface area contributed by atoms with E-state index in [0.29, 0.717) is 0 Å². The molecule has 2 aliphatic heterocycles. The van der Waals surface area contributed by atoms with E-state index < -0.39 is 0 Å². The first-order valence-corrected chi connectivity index (χ1v) is 10.4. The Hall–Kier alpha value is -1.73. The molecule has 0 spiro atoms. The van der Waals surface area contributed by atoms with Crippen molar-refractivity contribution in [2.75, 3.05) is 26.2 Å².